The summed E-state index contributed by atoms with van der Waals surface area (Å²) in [6, 6.07) is 1.50. The van der Waals surface area contributed by atoms with Crippen molar-refractivity contribution in [2.24, 2.45) is 0 Å². The fourth-order valence-electron chi connectivity index (χ4n) is 2.42. The molecule has 2 rings (SSSR count). The zero-order valence-electron chi connectivity index (χ0n) is 12.4. The van der Waals surface area contributed by atoms with Gasteiger partial charge in [0.1, 0.15) is 6.54 Å². The van der Waals surface area contributed by atoms with E-state index in [2.05, 4.69) is 10.5 Å². The maximum Gasteiger partial charge on any atom is 0.325 e. The molecule has 7 nitrogen and oxygen atoms in total. The van der Waals surface area contributed by atoms with Crippen LogP contribution in [0.3, 0.4) is 0 Å². The Kier molecular flexibility index (Phi) is 5.19. The lowest BCUT2D eigenvalue weighted by Crippen LogP contribution is -2.41. The minimum atomic E-state index is -0.436. The van der Waals surface area contributed by atoms with Crippen LogP contribution in [0.25, 0.3) is 0 Å². The van der Waals surface area contributed by atoms with Gasteiger partial charge >= 0.3 is 12.0 Å². The van der Waals surface area contributed by atoms with E-state index in [0.717, 1.165) is 25.0 Å². The molecule has 21 heavy (non-hydrogen) atoms. The van der Waals surface area contributed by atoms with Crippen LogP contribution in [0, 0.1) is 0 Å². The molecule has 0 unspecified atom stereocenters. The van der Waals surface area contributed by atoms with Crippen LogP contribution in [-0.2, 0) is 16.0 Å². The first-order valence-corrected chi connectivity index (χ1v) is 7.31. The summed E-state index contributed by atoms with van der Waals surface area (Å²) in [6.07, 6.45) is 2.54. The lowest BCUT2D eigenvalue weighted by Gasteiger charge is -2.22. The number of carbonyl (C=O) groups is 2. The summed E-state index contributed by atoms with van der Waals surface area (Å²) >= 11 is 0. The first kappa shape index (κ1) is 15.3. The summed E-state index contributed by atoms with van der Waals surface area (Å²) in [5.74, 6) is 0.269. The normalized spacial score (nSPS) is 17.8. The molecule has 0 aliphatic carbocycles. The molecule has 1 aromatic rings. The van der Waals surface area contributed by atoms with Gasteiger partial charge in [-0.15, -0.1) is 0 Å². The summed E-state index contributed by atoms with van der Waals surface area (Å²) in [6.45, 7) is 4.55. The Bertz CT molecular complexity index is 500. The van der Waals surface area contributed by atoms with Gasteiger partial charge in [0, 0.05) is 12.6 Å². The Labute approximate surface area is 123 Å². The van der Waals surface area contributed by atoms with Gasteiger partial charge in [-0.2, -0.15) is 0 Å². The van der Waals surface area contributed by atoms with Crippen molar-refractivity contribution in [3.63, 3.8) is 0 Å². The van der Waals surface area contributed by atoms with Crippen LogP contribution in [0.2, 0.25) is 0 Å². The average molecular weight is 295 g/mol. The quantitative estimate of drug-likeness (QED) is 0.835. The van der Waals surface area contributed by atoms with Gasteiger partial charge in [0.05, 0.1) is 18.3 Å². The fraction of sp³-hybridized carbons (Fsp3) is 0.643. The molecule has 2 amide bonds. The van der Waals surface area contributed by atoms with E-state index in [9.17, 15) is 9.59 Å². The van der Waals surface area contributed by atoms with E-state index >= 15 is 0 Å². The number of ether oxygens (including phenoxy) is 1. The zero-order valence-corrected chi connectivity index (χ0v) is 12.4. The number of aryl methyl sites for hydroxylation is 1. The Morgan fingerprint density at radius 3 is 3.00 bits per heavy atom. The number of rotatable bonds is 5. The van der Waals surface area contributed by atoms with Gasteiger partial charge in [-0.1, -0.05) is 12.1 Å². The number of urea groups is 1. The van der Waals surface area contributed by atoms with Crippen molar-refractivity contribution in [2.45, 2.75) is 39.2 Å². The molecule has 1 aromatic heterocycles. The van der Waals surface area contributed by atoms with E-state index in [1.54, 1.807) is 11.8 Å². The predicted octanol–water partition coefficient (Wildman–Crippen LogP) is 1.65. The van der Waals surface area contributed by atoms with Crippen LogP contribution in [0.1, 0.15) is 44.2 Å². The van der Waals surface area contributed by atoms with Crippen molar-refractivity contribution in [3.8, 4) is 0 Å². The number of hydrogen-bond acceptors (Lipinski definition) is 5. The smallest absolute Gasteiger partial charge is 0.325 e. The third kappa shape index (κ3) is 3.74. The molecule has 1 atom stereocenters. The van der Waals surface area contributed by atoms with Crippen LogP contribution < -0.4 is 5.32 Å². The molecule has 116 valence electrons. The van der Waals surface area contributed by atoms with E-state index in [1.807, 2.05) is 13.0 Å². The minimum absolute atomic E-state index is 0.111. The number of likely N-dealkylation sites (tertiary alicyclic amines) is 1. The maximum atomic E-state index is 12.2. The summed E-state index contributed by atoms with van der Waals surface area (Å²) in [4.78, 5) is 25.1. The summed E-state index contributed by atoms with van der Waals surface area (Å²) in [5.41, 5.74) is 0.879. The van der Waals surface area contributed by atoms with Gasteiger partial charge in [-0.05, 0) is 26.2 Å². The van der Waals surface area contributed by atoms with Crippen molar-refractivity contribution < 1.29 is 18.8 Å². The topological polar surface area (TPSA) is 84.7 Å². The second kappa shape index (κ2) is 7.10. The number of carbonyl (C=O) groups excluding carboxylic acids is 2. The number of esters is 1. The van der Waals surface area contributed by atoms with Gasteiger partial charge in [0.2, 0.25) is 0 Å². The number of aromatic nitrogens is 1. The highest BCUT2D eigenvalue weighted by Crippen LogP contribution is 2.32. The van der Waals surface area contributed by atoms with Crippen LogP contribution >= 0.6 is 0 Å². The van der Waals surface area contributed by atoms with Gasteiger partial charge < -0.3 is 19.5 Å². The minimum Gasteiger partial charge on any atom is -0.465 e. The molecule has 0 spiro atoms. The van der Waals surface area contributed by atoms with Gasteiger partial charge in [-0.25, -0.2) is 4.79 Å². The fourth-order valence-corrected chi connectivity index (χ4v) is 2.42. The van der Waals surface area contributed by atoms with Gasteiger partial charge in [0.25, 0.3) is 0 Å². The van der Waals surface area contributed by atoms with Crippen molar-refractivity contribution in [1.29, 1.82) is 0 Å². The standard InChI is InChI=1S/C14H21N3O4/c1-3-10-8-12(21-16-10)11-6-5-7-17(11)14(19)15-9-13(18)20-4-2/h8,11H,3-7,9H2,1-2H3,(H,15,19)/t11-/m1/s1. The molecular weight excluding hydrogens is 274 g/mol. The molecule has 0 saturated carbocycles. The third-order valence-corrected chi connectivity index (χ3v) is 3.47. The number of amides is 2. The van der Waals surface area contributed by atoms with Crippen molar-refractivity contribution in [2.75, 3.05) is 19.7 Å². The summed E-state index contributed by atoms with van der Waals surface area (Å²) < 4.78 is 10.1. The number of nitrogens with one attached hydrogen (secondary N) is 1. The Hall–Kier alpha value is -2.05. The van der Waals surface area contributed by atoms with Crippen LogP contribution in [0.5, 0.6) is 0 Å². The molecule has 2 heterocycles. The van der Waals surface area contributed by atoms with Gasteiger partial charge in [-0.3, -0.25) is 4.79 Å². The molecule has 1 aliphatic rings. The molecular formula is C14H21N3O4. The first-order chi connectivity index (χ1) is 10.2. The Morgan fingerprint density at radius 1 is 1.52 bits per heavy atom. The monoisotopic (exact) mass is 295 g/mol. The first-order valence-electron chi connectivity index (χ1n) is 7.31. The highest BCUT2D eigenvalue weighted by Gasteiger charge is 2.32. The molecule has 0 aromatic carbocycles. The molecule has 1 N–H and O–H groups in total. The van der Waals surface area contributed by atoms with Crippen molar-refractivity contribution >= 4 is 12.0 Å². The highest BCUT2D eigenvalue weighted by molar-refractivity contribution is 5.81. The predicted molar refractivity (Wildman–Crippen MR) is 74.6 cm³/mol. The van der Waals surface area contributed by atoms with Crippen LogP contribution in [0.4, 0.5) is 4.79 Å². The highest BCUT2D eigenvalue weighted by atomic mass is 16.5. The van der Waals surface area contributed by atoms with Crippen molar-refractivity contribution in [3.05, 3.63) is 17.5 Å². The zero-order chi connectivity index (χ0) is 15.2. The lowest BCUT2D eigenvalue weighted by molar-refractivity contribution is -0.141. The molecule has 1 fully saturated rings. The van der Waals surface area contributed by atoms with Crippen LogP contribution in [0.15, 0.2) is 10.6 Å². The third-order valence-electron chi connectivity index (χ3n) is 3.47. The number of nitrogens with zero attached hydrogens (tertiary/aromatic N) is 2. The largest absolute Gasteiger partial charge is 0.465 e. The second-order valence-electron chi connectivity index (χ2n) is 4.89. The molecule has 1 saturated heterocycles. The molecule has 7 heteroatoms. The van der Waals surface area contributed by atoms with E-state index in [0.29, 0.717) is 18.9 Å². The summed E-state index contributed by atoms with van der Waals surface area (Å²) in [5, 5.41) is 6.54. The second-order valence-corrected chi connectivity index (χ2v) is 4.89. The molecule has 0 bridgehead atoms. The summed E-state index contributed by atoms with van der Waals surface area (Å²) in [7, 11) is 0. The Balaban J connectivity index is 1.94. The molecule has 1 aliphatic heterocycles. The van der Waals surface area contributed by atoms with E-state index < -0.39 is 5.97 Å². The Morgan fingerprint density at radius 2 is 2.33 bits per heavy atom. The van der Waals surface area contributed by atoms with E-state index in [4.69, 9.17) is 9.26 Å². The van der Waals surface area contributed by atoms with Crippen molar-refractivity contribution in [1.82, 2.24) is 15.4 Å². The van der Waals surface area contributed by atoms with Crippen LogP contribution in [-0.4, -0.2) is 41.8 Å². The lowest BCUT2D eigenvalue weighted by atomic mass is 10.1. The van der Waals surface area contributed by atoms with E-state index in [-0.39, 0.29) is 18.6 Å². The average Bonchev–Trinajstić information content (AvgIpc) is 3.12. The van der Waals surface area contributed by atoms with E-state index in [1.165, 1.54) is 0 Å². The molecule has 0 radical (unpaired) electrons. The maximum absolute atomic E-state index is 12.2. The van der Waals surface area contributed by atoms with Gasteiger partial charge in [0.15, 0.2) is 5.76 Å². The SMILES string of the molecule is CCOC(=O)CNC(=O)N1CCC[C@@H]1c1cc(CC)no1. The number of hydrogen-bond donors (Lipinski definition) is 1.